The SMILES string of the molecule is Cc1ccc(NC(=O)Nc2c(C)n(C)n(-c3ccccc3)c2=O)cc1. The Balaban J connectivity index is 1.87. The molecular weight excluding hydrogens is 316 g/mol. The minimum absolute atomic E-state index is 0.260. The van der Waals surface area contributed by atoms with E-state index in [2.05, 4.69) is 10.6 Å². The highest BCUT2D eigenvalue weighted by Gasteiger charge is 2.17. The number of carbonyl (C=O) groups excluding carboxylic acids is 1. The van der Waals surface area contributed by atoms with Crippen molar-refractivity contribution < 1.29 is 4.79 Å². The molecule has 2 aromatic carbocycles. The maximum absolute atomic E-state index is 12.7. The Morgan fingerprint density at radius 3 is 2.20 bits per heavy atom. The summed E-state index contributed by atoms with van der Waals surface area (Å²) in [6.45, 7) is 3.77. The van der Waals surface area contributed by atoms with Gasteiger partial charge in [0.1, 0.15) is 5.69 Å². The zero-order valence-electron chi connectivity index (χ0n) is 14.4. The smallest absolute Gasteiger partial charge is 0.308 e. The van der Waals surface area contributed by atoms with Gasteiger partial charge in [-0.2, -0.15) is 0 Å². The van der Waals surface area contributed by atoms with E-state index < -0.39 is 6.03 Å². The first-order chi connectivity index (χ1) is 12.0. The first kappa shape index (κ1) is 16.6. The molecule has 0 saturated carbocycles. The van der Waals surface area contributed by atoms with E-state index in [0.717, 1.165) is 11.3 Å². The molecule has 0 aliphatic heterocycles. The van der Waals surface area contributed by atoms with Crippen LogP contribution in [-0.2, 0) is 7.05 Å². The van der Waals surface area contributed by atoms with Crippen LogP contribution in [0.25, 0.3) is 5.69 Å². The number of amides is 2. The molecule has 6 nitrogen and oxygen atoms in total. The van der Waals surface area contributed by atoms with Crippen LogP contribution in [0.3, 0.4) is 0 Å². The van der Waals surface area contributed by atoms with Crippen LogP contribution in [0.15, 0.2) is 59.4 Å². The lowest BCUT2D eigenvalue weighted by atomic mass is 10.2. The number of rotatable bonds is 3. The normalized spacial score (nSPS) is 10.5. The number of nitrogens with zero attached hydrogens (tertiary/aromatic N) is 2. The Bertz CT molecular complexity index is 954. The van der Waals surface area contributed by atoms with E-state index in [1.807, 2.05) is 61.5 Å². The van der Waals surface area contributed by atoms with Crippen molar-refractivity contribution in [2.45, 2.75) is 13.8 Å². The molecule has 0 spiro atoms. The summed E-state index contributed by atoms with van der Waals surface area (Å²) in [7, 11) is 1.78. The minimum atomic E-state index is -0.449. The van der Waals surface area contributed by atoms with E-state index in [1.165, 1.54) is 4.68 Å². The molecular formula is C19H20N4O2. The molecule has 0 bridgehead atoms. The highest BCUT2D eigenvalue weighted by Crippen LogP contribution is 2.15. The second-order valence-electron chi connectivity index (χ2n) is 5.88. The fourth-order valence-electron chi connectivity index (χ4n) is 2.63. The van der Waals surface area contributed by atoms with Gasteiger partial charge in [-0.05, 0) is 38.1 Å². The van der Waals surface area contributed by atoms with Gasteiger partial charge in [0, 0.05) is 12.7 Å². The fraction of sp³-hybridized carbons (Fsp3) is 0.158. The zero-order chi connectivity index (χ0) is 18.0. The van der Waals surface area contributed by atoms with Crippen molar-refractivity contribution in [2.24, 2.45) is 7.05 Å². The molecule has 0 aliphatic carbocycles. The fourth-order valence-corrected chi connectivity index (χ4v) is 2.63. The lowest BCUT2D eigenvalue weighted by molar-refractivity contribution is 0.262. The number of para-hydroxylation sites is 1. The molecule has 0 saturated heterocycles. The van der Waals surface area contributed by atoms with Crippen molar-refractivity contribution >= 4 is 17.4 Å². The largest absolute Gasteiger partial charge is 0.323 e. The standard InChI is InChI=1S/C19H20N4O2/c1-13-9-11-15(12-10-13)20-19(25)21-17-14(2)22(3)23(18(17)24)16-7-5-4-6-8-16/h4-12H,1-3H3,(H2,20,21,25). The van der Waals surface area contributed by atoms with Gasteiger partial charge in [0.15, 0.2) is 0 Å². The van der Waals surface area contributed by atoms with Crippen LogP contribution < -0.4 is 16.2 Å². The predicted octanol–water partition coefficient (Wildman–Crippen LogP) is 3.44. The van der Waals surface area contributed by atoms with Crippen molar-refractivity contribution in [3.63, 3.8) is 0 Å². The monoisotopic (exact) mass is 336 g/mol. The van der Waals surface area contributed by atoms with Crippen molar-refractivity contribution in [1.82, 2.24) is 9.36 Å². The van der Waals surface area contributed by atoms with Gasteiger partial charge >= 0.3 is 6.03 Å². The molecule has 0 aliphatic rings. The molecule has 0 fully saturated rings. The molecule has 3 aromatic rings. The van der Waals surface area contributed by atoms with E-state index in [0.29, 0.717) is 11.4 Å². The summed E-state index contributed by atoms with van der Waals surface area (Å²) in [5.41, 5.74) is 3.18. The molecule has 3 rings (SSSR count). The Morgan fingerprint density at radius 1 is 0.920 bits per heavy atom. The highest BCUT2D eigenvalue weighted by atomic mass is 16.2. The third kappa shape index (κ3) is 3.33. The van der Waals surface area contributed by atoms with E-state index in [-0.39, 0.29) is 11.2 Å². The van der Waals surface area contributed by atoms with Crippen LogP contribution in [0.4, 0.5) is 16.2 Å². The first-order valence-electron chi connectivity index (χ1n) is 7.96. The van der Waals surface area contributed by atoms with E-state index in [1.54, 1.807) is 18.7 Å². The zero-order valence-corrected chi connectivity index (χ0v) is 14.4. The Morgan fingerprint density at radius 2 is 1.56 bits per heavy atom. The number of urea groups is 1. The quantitative estimate of drug-likeness (QED) is 0.769. The highest BCUT2D eigenvalue weighted by molar-refractivity contribution is 6.00. The number of carbonyl (C=O) groups is 1. The molecule has 6 heteroatoms. The lowest BCUT2D eigenvalue weighted by Gasteiger charge is -2.07. The number of anilines is 2. The Hall–Kier alpha value is -3.28. The number of aryl methyl sites for hydroxylation is 1. The van der Waals surface area contributed by atoms with Crippen LogP contribution in [0.5, 0.6) is 0 Å². The Labute approximate surface area is 145 Å². The van der Waals surface area contributed by atoms with Crippen LogP contribution in [-0.4, -0.2) is 15.4 Å². The van der Waals surface area contributed by atoms with Crippen LogP contribution >= 0.6 is 0 Å². The van der Waals surface area contributed by atoms with Gasteiger partial charge in [0.05, 0.1) is 11.4 Å². The van der Waals surface area contributed by atoms with Gasteiger partial charge in [0.2, 0.25) is 0 Å². The average Bonchev–Trinajstić information content (AvgIpc) is 2.81. The van der Waals surface area contributed by atoms with Crippen molar-refractivity contribution in [3.05, 3.63) is 76.2 Å². The molecule has 0 atom stereocenters. The number of hydrogen-bond donors (Lipinski definition) is 2. The summed E-state index contributed by atoms with van der Waals surface area (Å²) in [6, 6.07) is 16.3. The van der Waals surface area contributed by atoms with Gasteiger partial charge in [-0.1, -0.05) is 35.9 Å². The molecule has 25 heavy (non-hydrogen) atoms. The summed E-state index contributed by atoms with van der Waals surface area (Å²) >= 11 is 0. The first-order valence-corrected chi connectivity index (χ1v) is 7.96. The van der Waals surface area contributed by atoms with E-state index in [9.17, 15) is 9.59 Å². The van der Waals surface area contributed by atoms with Crippen molar-refractivity contribution in [1.29, 1.82) is 0 Å². The van der Waals surface area contributed by atoms with Gasteiger partial charge < -0.3 is 10.6 Å². The summed E-state index contributed by atoms with van der Waals surface area (Å²) < 4.78 is 3.25. The Kier molecular flexibility index (Phi) is 4.43. The molecule has 2 N–H and O–H groups in total. The van der Waals surface area contributed by atoms with Gasteiger partial charge in [0.25, 0.3) is 5.56 Å². The third-order valence-corrected chi connectivity index (χ3v) is 4.10. The minimum Gasteiger partial charge on any atom is -0.308 e. The van der Waals surface area contributed by atoms with Crippen molar-refractivity contribution in [2.75, 3.05) is 10.6 Å². The summed E-state index contributed by atoms with van der Waals surface area (Å²) in [4.78, 5) is 25.0. The molecule has 128 valence electrons. The van der Waals surface area contributed by atoms with Crippen LogP contribution in [0, 0.1) is 13.8 Å². The second-order valence-corrected chi connectivity index (χ2v) is 5.88. The molecule has 0 radical (unpaired) electrons. The number of benzene rings is 2. The maximum Gasteiger partial charge on any atom is 0.323 e. The number of aromatic nitrogens is 2. The third-order valence-electron chi connectivity index (χ3n) is 4.10. The van der Waals surface area contributed by atoms with Gasteiger partial charge in [-0.25, -0.2) is 9.48 Å². The van der Waals surface area contributed by atoms with Crippen LogP contribution in [0.1, 0.15) is 11.3 Å². The molecule has 1 aromatic heterocycles. The number of hydrogen-bond acceptors (Lipinski definition) is 2. The average molecular weight is 336 g/mol. The van der Waals surface area contributed by atoms with Crippen molar-refractivity contribution in [3.8, 4) is 5.69 Å². The van der Waals surface area contributed by atoms with Gasteiger partial charge in [-0.15, -0.1) is 0 Å². The second kappa shape index (κ2) is 6.68. The summed E-state index contributed by atoms with van der Waals surface area (Å²) in [5, 5.41) is 5.40. The summed E-state index contributed by atoms with van der Waals surface area (Å²) in [5.74, 6) is 0. The molecule has 0 unspecified atom stereocenters. The topological polar surface area (TPSA) is 68.1 Å². The maximum atomic E-state index is 12.7. The summed E-state index contributed by atoms with van der Waals surface area (Å²) in [6.07, 6.45) is 0. The lowest BCUT2D eigenvalue weighted by Crippen LogP contribution is -2.25. The van der Waals surface area contributed by atoms with E-state index >= 15 is 0 Å². The number of nitrogens with one attached hydrogen (secondary N) is 2. The predicted molar refractivity (Wildman–Crippen MR) is 99.6 cm³/mol. The van der Waals surface area contributed by atoms with E-state index in [4.69, 9.17) is 0 Å². The van der Waals surface area contributed by atoms with Crippen LogP contribution in [0.2, 0.25) is 0 Å². The molecule has 1 heterocycles. The molecule has 2 amide bonds. The van der Waals surface area contributed by atoms with Gasteiger partial charge in [-0.3, -0.25) is 9.48 Å².